The van der Waals surface area contributed by atoms with Gasteiger partial charge >= 0.3 is 0 Å². The topological polar surface area (TPSA) is 72.5 Å². The molecule has 0 bridgehead atoms. The van der Waals surface area contributed by atoms with E-state index in [4.69, 9.17) is 27.9 Å². The second-order valence-electron chi connectivity index (χ2n) is 4.86. The predicted octanol–water partition coefficient (Wildman–Crippen LogP) is 3.78. The second kappa shape index (κ2) is 6.78. The Morgan fingerprint density at radius 3 is 2.35 bits per heavy atom. The SMILES string of the molecule is Cc1cc(C(=O)NS(C)(=O)=O)ccc1Oc1ccc(Cl)c(Cl)c1. The minimum atomic E-state index is -3.61. The molecule has 0 unspecified atom stereocenters. The Labute approximate surface area is 144 Å². The highest BCUT2D eigenvalue weighted by molar-refractivity contribution is 7.89. The Balaban J connectivity index is 2.22. The zero-order valence-electron chi connectivity index (χ0n) is 12.3. The predicted molar refractivity (Wildman–Crippen MR) is 90.0 cm³/mol. The molecule has 0 radical (unpaired) electrons. The van der Waals surface area contributed by atoms with Gasteiger partial charge in [-0.25, -0.2) is 13.1 Å². The first-order chi connectivity index (χ1) is 10.7. The zero-order chi connectivity index (χ0) is 17.2. The Morgan fingerprint density at radius 2 is 1.78 bits per heavy atom. The van der Waals surface area contributed by atoms with Gasteiger partial charge in [-0.3, -0.25) is 4.79 Å². The maximum Gasteiger partial charge on any atom is 0.264 e. The normalized spacial score (nSPS) is 11.1. The Bertz CT molecular complexity index is 866. The number of halogens is 2. The van der Waals surface area contributed by atoms with Gasteiger partial charge in [-0.05, 0) is 42.8 Å². The Morgan fingerprint density at radius 1 is 1.09 bits per heavy atom. The molecule has 0 aliphatic heterocycles. The van der Waals surface area contributed by atoms with Crippen LogP contribution in [0.15, 0.2) is 36.4 Å². The molecule has 23 heavy (non-hydrogen) atoms. The number of hydrogen-bond donors (Lipinski definition) is 1. The van der Waals surface area contributed by atoms with Crippen molar-refractivity contribution in [3.8, 4) is 11.5 Å². The lowest BCUT2D eigenvalue weighted by molar-refractivity contribution is 0.0981. The fourth-order valence-electron chi connectivity index (χ4n) is 1.80. The quantitative estimate of drug-likeness (QED) is 0.884. The molecule has 0 atom stereocenters. The molecule has 0 fully saturated rings. The molecule has 0 saturated heterocycles. The van der Waals surface area contributed by atoms with Crippen LogP contribution in [0.2, 0.25) is 10.0 Å². The number of carbonyl (C=O) groups excluding carboxylic acids is 1. The zero-order valence-corrected chi connectivity index (χ0v) is 14.6. The van der Waals surface area contributed by atoms with Crippen molar-refractivity contribution in [2.45, 2.75) is 6.92 Å². The van der Waals surface area contributed by atoms with Crippen LogP contribution in [0.3, 0.4) is 0 Å². The number of sulfonamides is 1. The van der Waals surface area contributed by atoms with Gasteiger partial charge in [0, 0.05) is 11.6 Å². The second-order valence-corrected chi connectivity index (χ2v) is 7.42. The largest absolute Gasteiger partial charge is 0.457 e. The van der Waals surface area contributed by atoms with Gasteiger partial charge in [0.2, 0.25) is 10.0 Å². The fraction of sp³-hybridized carbons (Fsp3) is 0.133. The first-order valence-electron chi connectivity index (χ1n) is 6.41. The summed E-state index contributed by atoms with van der Waals surface area (Å²) in [6.07, 6.45) is 0.916. The molecule has 5 nitrogen and oxygen atoms in total. The van der Waals surface area contributed by atoms with E-state index in [1.165, 1.54) is 12.1 Å². The summed E-state index contributed by atoms with van der Waals surface area (Å²) in [7, 11) is -3.61. The molecule has 122 valence electrons. The van der Waals surface area contributed by atoms with E-state index < -0.39 is 15.9 Å². The van der Waals surface area contributed by atoms with Crippen molar-refractivity contribution in [3.05, 3.63) is 57.6 Å². The number of benzene rings is 2. The van der Waals surface area contributed by atoms with Crippen LogP contribution in [0, 0.1) is 6.92 Å². The molecule has 1 amide bonds. The molecule has 0 heterocycles. The van der Waals surface area contributed by atoms with E-state index >= 15 is 0 Å². The number of amides is 1. The summed E-state index contributed by atoms with van der Waals surface area (Å²) in [5, 5.41) is 0.787. The molecule has 2 rings (SSSR count). The first kappa shape index (κ1) is 17.6. The van der Waals surface area contributed by atoms with Crippen molar-refractivity contribution in [1.29, 1.82) is 0 Å². The molecular formula is C15H13Cl2NO4S. The highest BCUT2D eigenvalue weighted by Gasteiger charge is 2.13. The van der Waals surface area contributed by atoms with Crippen molar-refractivity contribution in [2.75, 3.05) is 6.26 Å². The lowest BCUT2D eigenvalue weighted by atomic mass is 10.1. The standard InChI is InChI=1S/C15H13Cl2NO4S/c1-9-7-10(15(19)18-23(2,20)21)3-6-14(9)22-11-4-5-12(16)13(17)8-11/h3-8H,1-2H3,(H,18,19). The number of aryl methyl sites for hydroxylation is 1. The number of rotatable bonds is 4. The van der Waals surface area contributed by atoms with Crippen LogP contribution in [-0.4, -0.2) is 20.6 Å². The van der Waals surface area contributed by atoms with E-state index in [1.807, 2.05) is 4.72 Å². The summed E-state index contributed by atoms with van der Waals surface area (Å²) in [5.41, 5.74) is 0.881. The summed E-state index contributed by atoms with van der Waals surface area (Å²) >= 11 is 11.8. The van der Waals surface area contributed by atoms with Crippen molar-refractivity contribution in [3.63, 3.8) is 0 Å². The number of nitrogens with one attached hydrogen (secondary N) is 1. The van der Waals surface area contributed by atoms with Crippen molar-refractivity contribution in [2.24, 2.45) is 0 Å². The maximum absolute atomic E-state index is 11.8. The maximum atomic E-state index is 11.8. The van der Waals surface area contributed by atoms with Crippen LogP contribution < -0.4 is 9.46 Å². The van der Waals surface area contributed by atoms with E-state index in [0.717, 1.165) is 6.26 Å². The van der Waals surface area contributed by atoms with E-state index in [2.05, 4.69) is 0 Å². The Kier molecular flexibility index (Phi) is 5.19. The summed E-state index contributed by atoms with van der Waals surface area (Å²) < 4.78 is 29.8. The minimum absolute atomic E-state index is 0.217. The van der Waals surface area contributed by atoms with Gasteiger partial charge in [-0.2, -0.15) is 0 Å². The van der Waals surface area contributed by atoms with Crippen LogP contribution in [0.25, 0.3) is 0 Å². The third kappa shape index (κ3) is 4.86. The van der Waals surface area contributed by atoms with Crippen LogP contribution in [-0.2, 0) is 10.0 Å². The molecule has 0 aromatic heterocycles. The molecular weight excluding hydrogens is 361 g/mol. The molecule has 0 saturated carbocycles. The lowest BCUT2D eigenvalue weighted by Gasteiger charge is -2.11. The van der Waals surface area contributed by atoms with Crippen LogP contribution in [0.4, 0.5) is 0 Å². The van der Waals surface area contributed by atoms with Crippen molar-refractivity contribution in [1.82, 2.24) is 4.72 Å². The van der Waals surface area contributed by atoms with Crippen molar-refractivity contribution >= 4 is 39.1 Å². The van der Waals surface area contributed by atoms with E-state index in [0.29, 0.717) is 27.1 Å². The summed E-state index contributed by atoms with van der Waals surface area (Å²) in [4.78, 5) is 11.8. The van der Waals surface area contributed by atoms with E-state index in [9.17, 15) is 13.2 Å². The highest BCUT2D eigenvalue weighted by atomic mass is 35.5. The first-order valence-corrected chi connectivity index (χ1v) is 9.06. The van der Waals surface area contributed by atoms with E-state index in [-0.39, 0.29) is 5.56 Å². The van der Waals surface area contributed by atoms with Crippen LogP contribution in [0.1, 0.15) is 15.9 Å². The van der Waals surface area contributed by atoms with E-state index in [1.54, 1.807) is 31.2 Å². The molecule has 0 aliphatic rings. The Hall–Kier alpha value is -1.76. The van der Waals surface area contributed by atoms with Crippen molar-refractivity contribution < 1.29 is 17.9 Å². The number of ether oxygens (including phenoxy) is 1. The molecule has 1 N–H and O–H groups in total. The fourth-order valence-corrected chi connectivity index (χ4v) is 2.54. The van der Waals surface area contributed by atoms with Crippen LogP contribution >= 0.6 is 23.2 Å². The number of hydrogen-bond acceptors (Lipinski definition) is 4. The number of carbonyl (C=O) groups is 1. The van der Waals surface area contributed by atoms with Gasteiger partial charge in [-0.1, -0.05) is 23.2 Å². The monoisotopic (exact) mass is 373 g/mol. The summed E-state index contributed by atoms with van der Waals surface area (Å²) in [6, 6.07) is 9.44. The molecule has 8 heteroatoms. The van der Waals surface area contributed by atoms with Crippen LogP contribution in [0.5, 0.6) is 11.5 Å². The van der Waals surface area contributed by atoms with Gasteiger partial charge in [0.25, 0.3) is 5.91 Å². The molecule has 0 spiro atoms. The highest BCUT2D eigenvalue weighted by Crippen LogP contribution is 2.31. The van der Waals surface area contributed by atoms with Gasteiger partial charge < -0.3 is 4.74 Å². The van der Waals surface area contributed by atoms with Gasteiger partial charge in [-0.15, -0.1) is 0 Å². The summed E-state index contributed by atoms with van der Waals surface area (Å²) in [5.74, 6) is 0.312. The average Bonchev–Trinajstić information content (AvgIpc) is 2.43. The minimum Gasteiger partial charge on any atom is -0.457 e. The molecule has 2 aromatic rings. The van der Waals surface area contributed by atoms with Gasteiger partial charge in [0.05, 0.1) is 16.3 Å². The smallest absolute Gasteiger partial charge is 0.264 e. The lowest BCUT2D eigenvalue weighted by Crippen LogP contribution is -2.29. The molecule has 0 aliphatic carbocycles. The third-order valence-electron chi connectivity index (χ3n) is 2.83. The average molecular weight is 374 g/mol. The summed E-state index contributed by atoms with van der Waals surface area (Å²) in [6.45, 7) is 1.74. The van der Waals surface area contributed by atoms with Gasteiger partial charge in [0.1, 0.15) is 11.5 Å². The van der Waals surface area contributed by atoms with Gasteiger partial charge in [0.15, 0.2) is 0 Å². The third-order valence-corrected chi connectivity index (χ3v) is 4.13. The molecule has 2 aromatic carbocycles.